The van der Waals surface area contributed by atoms with Gasteiger partial charge in [-0.1, -0.05) is 6.92 Å². The minimum absolute atomic E-state index is 0.617. The Balaban J connectivity index is 2.23. The molecule has 0 aromatic carbocycles. The Morgan fingerprint density at radius 3 is 2.33 bits per heavy atom. The van der Waals surface area contributed by atoms with Gasteiger partial charge >= 0.3 is 0 Å². The van der Waals surface area contributed by atoms with Crippen LogP contribution in [0.1, 0.15) is 19.8 Å². The molecule has 0 aliphatic carbocycles. The summed E-state index contributed by atoms with van der Waals surface area (Å²) in [5.41, 5.74) is 0. The van der Waals surface area contributed by atoms with E-state index in [-0.39, 0.29) is 0 Å². The second-order valence-corrected chi connectivity index (χ2v) is 4.73. The molecular formula is C7H14S2. The molecule has 0 saturated carbocycles. The molecule has 0 spiro atoms. The van der Waals surface area contributed by atoms with Gasteiger partial charge in [0.25, 0.3) is 0 Å². The van der Waals surface area contributed by atoms with Gasteiger partial charge < -0.3 is 0 Å². The quantitative estimate of drug-likeness (QED) is 0.578. The molecule has 9 heavy (non-hydrogen) atoms. The lowest BCUT2D eigenvalue weighted by atomic mass is 10.00. The Morgan fingerprint density at radius 1 is 1.44 bits per heavy atom. The molecule has 0 aromatic heterocycles. The van der Waals surface area contributed by atoms with E-state index >= 15 is 0 Å². The number of thiol groups is 1. The van der Waals surface area contributed by atoms with Gasteiger partial charge in [-0.15, -0.1) is 0 Å². The van der Waals surface area contributed by atoms with Crippen LogP contribution >= 0.6 is 24.4 Å². The monoisotopic (exact) mass is 162 g/mol. The Kier molecular flexibility index (Phi) is 3.27. The molecule has 0 radical (unpaired) electrons. The van der Waals surface area contributed by atoms with Gasteiger partial charge in [0.15, 0.2) is 0 Å². The highest BCUT2D eigenvalue weighted by Crippen LogP contribution is 2.27. The van der Waals surface area contributed by atoms with E-state index in [0.29, 0.717) is 5.25 Å². The zero-order valence-electron chi connectivity index (χ0n) is 5.84. The van der Waals surface area contributed by atoms with E-state index in [9.17, 15) is 0 Å². The fraction of sp³-hybridized carbons (Fsp3) is 1.00. The summed E-state index contributed by atoms with van der Waals surface area (Å²) in [6, 6.07) is 0. The molecular weight excluding hydrogens is 148 g/mol. The molecule has 1 fully saturated rings. The lowest BCUT2D eigenvalue weighted by Gasteiger charge is -2.23. The van der Waals surface area contributed by atoms with Crippen molar-refractivity contribution >= 4 is 24.4 Å². The molecule has 1 saturated heterocycles. The molecule has 0 bridgehead atoms. The van der Waals surface area contributed by atoms with Gasteiger partial charge in [0.05, 0.1) is 0 Å². The minimum atomic E-state index is 0.617. The third kappa shape index (κ3) is 2.42. The van der Waals surface area contributed by atoms with Crippen LogP contribution in [0.15, 0.2) is 0 Å². The summed E-state index contributed by atoms with van der Waals surface area (Å²) in [5, 5.41) is 0.617. The molecule has 1 unspecified atom stereocenters. The van der Waals surface area contributed by atoms with Gasteiger partial charge in [0, 0.05) is 5.25 Å². The molecule has 1 aliphatic rings. The van der Waals surface area contributed by atoms with Crippen LogP contribution in [-0.4, -0.2) is 16.8 Å². The van der Waals surface area contributed by atoms with Crippen molar-refractivity contribution in [3.8, 4) is 0 Å². The summed E-state index contributed by atoms with van der Waals surface area (Å²) in [6.45, 7) is 2.21. The van der Waals surface area contributed by atoms with Crippen molar-refractivity contribution in [1.29, 1.82) is 0 Å². The third-order valence-electron chi connectivity index (χ3n) is 1.95. The highest BCUT2D eigenvalue weighted by atomic mass is 32.2. The van der Waals surface area contributed by atoms with E-state index in [1.807, 2.05) is 0 Å². The van der Waals surface area contributed by atoms with Gasteiger partial charge in [0.2, 0.25) is 0 Å². The summed E-state index contributed by atoms with van der Waals surface area (Å²) in [7, 11) is 0. The number of hydrogen-bond donors (Lipinski definition) is 1. The Hall–Kier alpha value is 0.700. The smallest absolute Gasteiger partial charge is 0.00173 e. The second kappa shape index (κ2) is 3.77. The standard InChI is InChI=1S/C7H14S2/c1-6(8)7-2-4-9-5-3-7/h6-8H,2-5H2,1H3. The van der Waals surface area contributed by atoms with E-state index in [1.54, 1.807) is 0 Å². The molecule has 2 heteroatoms. The van der Waals surface area contributed by atoms with Crippen molar-refractivity contribution in [3.63, 3.8) is 0 Å². The lowest BCUT2D eigenvalue weighted by Crippen LogP contribution is -2.17. The van der Waals surface area contributed by atoms with E-state index in [4.69, 9.17) is 0 Å². The maximum absolute atomic E-state index is 4.43. The summed E-state index contributed by atoms with van der Waals surface area (Å²) in [4.78, 5) is 0. The first kappa shape index (κ1) is 7.80. The van der Waals surface area contributed by atoms with Gasteiger partial charge in [-0.25, -0.2) is 0 Å². The first-order chi connectivity index (χ1) is 4.30. The lowest BCUT2D eigenvalue weighted by molar-refractivity contribution is 0.489. The fourth-order valence-electron chi connectivity index (χ4n) is 1.20. The topological polar surface area (TPSA) is 0 Å². The third-order valence-corrected chi connectivity index (χ3v) is 3.42. The summed E-state index contributed by atoms with van der Waals surface area (Å²) in [5.74, 6) is 3.61. The van der Waals surface area contributed by atoms with Crippen molar-refractivity contribution in [3.05, 3.63) is 0 Å². The van der Waals surface area contributed by atoms with Crippen LogP contribution < -0.4 is 0 Å². The van der Waals surface area contributed by atoms with E-state index < -0.39 is 0 Å². The fourth-order valence-corrected chi connectivity index (χ4v) is 2.64. The van der Waals surface area contributed by atoms with Gasteiger partial charge in [-0.2, -0.15) is 24.4 Å². The second-order valence-electron chi connectivity index (χ2n) is 2.69. The first-order valence-electron chi connectivity index (χ1n) is 3.56. The Labute approximate surface area is 67.2 Å². The van der Waals surface area contributed by atoms with E-state index in [2.05, 4.69) is 31.3 Å². The van der Waals surface area contributed by atoms with Crippen LogP contribution in [0.3, 0.4) is 0 Å². The Bertz CT molecular complexity index is 75.0. The SMILES string of the molecule is CC(S)C1CCSCC1. The van der Waals surface area contributed by atoms with Gasteiger partial charge in [-0.3, -0.25) is 0 Å². The van der Waals surface area contributed by atoms with Crippen molar-refractivity contribution in [1.82, 2.24) is 0 Å². The first-order valence-corrected chi connectivity index (χ1v) is 5.23. The predicted octanol–water partition coefficient (Wildman–Crippen LogP) is 2.45. The summed E-state index contributed by atoms with van der Waals surface area (Å²) < 4.78 is 0. The van der Waals surface area contributed by atoms with Crippen LogP contribution in [0.4, 0.5) is 0 Å². The molecule has 0 amide bonds. The molecule has 1 aliphatic heterocycles. The van der Waals surface area contributed by atoms with Gasteiger partial charge in [0.1, 0.15) is 0 Å². The summed E-state index contributed by atoms with van der Waals surface area (Å²) in [6.07, 6.45) is 2.77. The molecule has 0 N–H and O–H groups in total. The maximum Gasteiger partial charge on any atom is 0.00173 e. The molecule has 1 atom stereocenters. The average Bonchev–Trinajstić information content (AvgIpc) is 1.90. The molecule has 0 nitrogen and oxygen atoms in total. The van der Waals surface area contributed by atoms with Crippen molar-refractivity contribution in [2.24, 2.45) is 5.92 Å². The normalized spacial score (nSPS) is 26.0. The zero-order valence-corrected chi connectivity index (χ0v) is 7.55. The van der Waals surface area contributed by atoms with Crippen LogP contribution in [0.5, 0.6) is 0 Å². The summed E-state index contributed by atoms with van der Waals surface area (Å²) >= 11 is 6.51. The molecule has 1 rings (SSSR count). The van der Waals surface area contributed by atoms with E-state index in [1.165, 1.54) is 24.3 Å². The number of thioether (sulfide) groups is 1. The van der Waals surface area contributed by atoms with Crippen LogP contribution in [0.2, 0.25) is 0 Å². The highest BCUT2D eigenvalue weighted by Gasteiger charge is 2.16. The Morgan fingerprint density at radius 2 is 2.00 bits per heavy atom. The van der Waals surface area contributed by atoms with Crippen LogP contribution in [-0.2, 0) is 0 Å². The van der Waals surface area contributed by atoms with Gasteiger partial charge in [-0.05, 0) is 30.3 Å². The van der Waals surface area contributed by atoms with E-state index in [0.717, 1.165) is 5.92 Å². The van der Waals surface area contributed by atoms with Crippen molar-refractivity contribution in [2.75, 3.05) is 11.5 Å². The van der Waals surface area contributed by atoms with Crippen LogP contribution in [0, 0.1) is 5.92 Å². The molecule has 1 heterocycles. The minimum Gasteiger partial charge on any atom is -0.176 e. The van der Waals surface area contributed by atoms with Crippen molar-refractivity contribution in [2.45, 2.75) is 25.0 Å². The molecule has 54 valence electrons. The largest absolute Gasteiger partial charge is 0.176 e. The highest BCUT2D eigenvalue weighted by molar-refractivity contribution is 7.99. The van der Waals surface area contributed by atoms with Crippen molar-refractivity contribution < 1.29 is 0 Å². The molecule has 0 aromatic rings. The average molecular weight is 162 g/mol. The number of hydrogen-bond acceptors (Lipinski definition) is 2. The maximum atomic E-state index is 4.43. The van der Waals surface area contributed by atoms with Crippen LogP contribution in [0.25, 0.3) is 0 Å². The predicted molar refractivity (Wildman–Crippen MR) is 48.5 cm³/mol. The zero-order chi connectivity index (χ0) is 6.69. The number of rotatable bonds is 1.